The van der Waals surface area contributed by atoms with Gasteiger partial charge in [-0.2, -0.15) is 0 Å². The average Bonchev–Trinajstić information content (AvgIpc) is 3.66. The third-order valence-electron chi connectivity index (χ3n) is 7.86. The Balaban J connectivity index is 1.38. The van der Waals surface area contributed by atoms with Gasteiger partial charge in [-0.25, -0.2) is 9.78 Å². The fourth-order valence-electron chi connectivity index (χ4n) is 5.33. The molecule has 0 radical (unpaired) electrons. The van der Waals surface area contributed by atoms with Gasteiger partial charge in [-0.05, 0) is 47.4 Å². The maximum Gasteiger partial charge on any atom is 0.408 e. The lowest BCUT2D eigenvalue weighted by molar-refractivity contribution is -0.137. The number of para-hydroxylation sites is 1. The molecule has 0 saturated heterocycles. The van der Waals surface area contributed by atoms with Crippen molar-refractivity contribution < 1.29 is 23.9 Å². The molecule has 3 amide bonds. The van der Waals surface area contributed by atoms with E-state index in [-0.39, 0.29) is 32.0 Å². The number of imidazole rings is 1. The number of carbonyl (C=O) groups is 3. The van der Waals surface area contributed by atoms with Crippen molar-refractivity contribution in [2.75, 3.05) is 18.0 Å². The van der Waals surface area contributed by atoms with Crippen LogP contribution in [0, 0.1) is 0 Å². The number of hydrogen-bond acceptors (Lipinski definition) is 6. The molecule has 0 fully saturated rings. The van der Waals surface area contributed by atoms with Gasteiger partial charge in [0, 0.05) is 31.4 Å². The van der Waals surface area contributed by atoms with Gasteiger partial charge >= 0.3 is 6.09 Å². The molecule has 5 rings (SSSR count). The van der Waals surface area contributed by atoms with E-state index in [1.807, 2.05) is 97.9 Å². The van der Waals surface area contributed by atoms with Crippen LogP contribution in [0.1, 0.15) is 35.7 Å². The van der Waals surface area contributed by atoms with E-state index in [4.69, 9.17) is 21.1 Å². The topological polar surface area (TPSA) is 117 Å². The molecule has 0 bridgehead atoms. The number of aromatic amines is 1. The summed E-state index contributed by atoms with van der Waals surface area (Å²) in [5, 5.41) is 3.16. The molecule has 258 valence electrons. The number of halogens is 1. The van der Waals surface area contributed by atoms with Gasteiger partial charge in [0.2, 0.25) is 11.8 Å². The first kappa shape index (κ1) is 35.7. The van der Waals surface area contributed by atoms with Gasteiger partial charge in [0.05, 0.1) is 17.0 Å². The van der Waals surface area contributed by atoms with E-state index in [9.17, 15) is 14.4 Å². The van der Waals surface area contributed by atoms with Crippen LogP contribution in [0.4, 0.5) is 10.5 Å². The van der Waals surface area contributed by atoms with Crippen molar-refractivity contribution in [3.8, 4) is 5.75 Å². The third-order valence-corrected chi connectivity index (χ3v) is 8.18. The van der Waals surface area contributed by atoms with E-state index < -0.39 is 18.0 Å². The maximum atomic E-state index is 14.4. The van der Waals surface area contributed by atoms with Crippen molar-refractivity contribution in [3.63, 3.8) is 0 Å². The van der Waals surface area contributed by atoms with E-state index in [0.717, 1.165) is 16.7 Å². The van der Waals surface area contributed by atoms with Gasteiger partial charge in [0.1, 0.15) is 31.5 Å². The summed E-state index contributed by atoms with van der Waals surface area (Å²) >= 11 is 6.51. The van der Waals surface area contributed by atoms with Crippen molar-refractivity contribution in [2.45, 2.75) is 45.6 Å². The van der Waals surface area contributed by atoms with Crippen molar-refractivity contribution in [3.05, 3.63) is 149 Å². The van der Waals surface area contributed by atoms with Crippen LogP contribution in [0.25, 0.3) is 0 Å². The fraction of sp³-hybridized carbons (Fsp3) is 0.231. The minimum atomic E-state index is -1.07. The summed E-state index contributed by atoms with van der Waals surface area (Å²) in [6.07, 6.45) is 3.09. The quantitative estimate of drug-likeness (QED) is 0.116. The number of anilines is 1. The van der Waals surface area contributed by atoms with Crippen LogP contribution in [-0.2, 0) is 40.5 Å². The number of hydrogen-bond donors (Lipinski definition) is 2. The number of amides is 3. The molecule has 10 nitrogen and oxygen atoms in total. The predicted molar refractivity (Wildman–Crippen MR) is 193 cm³/mol. The molecule has 1 unspecified atom stereocenters. The number of alkyl carbamates (subject to hydrolysis) is 1. The first-order chi connectivity index (χ1) is 24.4. The summed E-state index contributed by atoms with van der Waals surface area (Å²) in [5.74, 6) is -0.118. The molecule has 0 saturated carbocycles. The normalized spacial score (nSPS) is 11.3. The summed E-state index contributed by atoms with van der Waals surface area (Å²) in [6, 6.07) is 32.5. The fourth-order valence-corrected chi connectivity index (χ4v) is 5.57. The molecule has 2 N–H and O–H groups in total. The summed E-state index contributed by atoms with van der Waals surface area (Å²) in [5.41, 5.74) is 3.80. The molecule has 1 heterocycles. The SMILES string of the molecule is CCCN(C(=O)CN(Cc1ccc(OCc2ccccc2)cc1)C(=O)C(Cc1cnc[nH]1)NC(=O)OCc1ccccc1)c1ccccc1Cl. The maximum absolute atomic E-state index is 14.4. The number of H-pyrrole nitrogens is 1. The monoisotopic (exact) mass is 693 g/mol. The van der Waals surface area contributed by atoms with Crippen molar-refractivity contribution in [1.29, 1.82) is 0 Å². The average molecular weight is 694 g/mol. The van der Waals surface area contributed by atoms with Crippen LogP contribution in [0.15, 0.2) is 122 Å². The predicted octanol–water partition coefficient (Wildman–Crippen LogP) is 6.95. The second-order valence-corrected chi connectivity index (χ2v) is 12.1. The molecule has 4 aromatic carbocycles. The van der Waals surface area contributed by atoms with E-state index in [2.05, 4.69) is 15.3 Å². The minimum absolute atomic E-state index is 0.0301. The molecule has 0 aliphatic rings. The van der Waals surface area contributed by atoms with E-state index in [1.165, 1.54) is 11.2 Å². The largest absolute Gasteiger partial charge is 0.489 e. The van der Waals surface area contributed by atoms with E-state index in [0.29, 0.717) is 41.7 Å². The van der Waals surface area contributed by atoms with Gasteiger partial charge in [0.25, 0.3) is 0 Å². The Labute approximate surface area is 297 Å². The van der Waals surface area contributed by atoms with Gasteiger partial charge in [-0.3, -0.25) is 9.59 Å². The van der Waals surface area contributed by atoms with Crippen molar-refractivity contribution >= 4 is 35.2 Å². The van der Waals surface area contributed by atoms with Crippen LogP contribution in [0.2, 0.25) is 5.02 Å². The highest BCUT2D eigenvalue weighted by molar-refractivity contribution is 6.33. The number of carbonyl (C=O) groups excluding carboxylic acids is 3. The van der Waals surface area contributed by atoms with Gasteiger partial charge < -0.3 is 29.6 Å². The molecule has 5 aromatic rings. The van der Waals surface area contributed by atoms with Gasteiger partial charge in [-0.15, -0.1) is 0 Å². The Hall–Kier alpha value is -5.61. The van der Waals surface area contributed by atoms with Crippen LogP contribution in [0.5, 0.6) is 5.75 Å². The van der Waals surface area contributed by atoms with Crippen LogP contribution in [-0.4, -0.2) is 51.9 Å². The molecule has 0 aliphatic heterocycles. The number of rotatable bonds is 16. The number of nitrogens with one attached hydrogen (secondary N) is 2. The Morgan fingerprint density at radius 3 is 2.14 bits per heavy atom. The Morgan fingerprint density at radius 2 is 1.50 bits per heavy atom. The van der Waals surface area contributed by atoms with Crippen molar-refractivity contribution in [2.24, 2.45) is 0 Å². The highest BCUT2D eigenvalue weighted by atomic mass is 35.5. The first-order valence-corrected chi connectivity index (χ1v) is 16.8. The highest BCUT2D eigenvalue weighted by Crippen LogP contribution is 2.26. The number of aromatic nitrogens is 2. The molecular weight excluding hydrogens is 654 g/mol. The zero-order chi connectivity index (χ0) is 35.1. The van der Waals surface area contributed by atoms with Crippen LogP contribution >= 0.6 is 11.6 Å². The number of ether oxygens (including phenoxy) is 2. The number of benzene rings is 4. The minimum Gasteiger partial charge on any atom is -0.489 e. The lowest BCUT2D eigenvalue weighted by Crippen LogP contribution is -2.52. The highest BCUT2D eigenvalue weighted by Gasteiger charge is 2.30. The molecular formula is C39H40ClN5O5. The van der Waals surface area contributed by atoms with Gasteiger partial charge in [-0.1, -0.05) is 103 Å². The molecule has 1 aromatic heterocycles. The van der Waals surface area contributed by atoms with Crippen LogP contribution < -0.4 is 15.0 Å². The third kappa shape index (κ3) is 10.4. The molecule has 0 aliphatic carbocycles. The number of nitrogens with zero attached hydrogens (tertiary/aromatic N) is 3. The van der Waals surface area contributed by atoms with Crippen molar-refractivity contribution in [1.82, 2.24) is 20.2 Å². The van der Waals surface area contributed by atoms with E-state index in [1.54, 1.807) is 29.3 Å². The standard InChI is InChI=1S/C39H40ClN5O5/c1-2-21-45(36-16-10-9-15-34(36)40)37(46)25-44(24-29-17-19-33(20-18-29)49-26-30-11-5-3-6-12-30)38(47)35(22-32-23-41-28-42-32)43-39(48)50-27-31-13-7-4-8-14-31/h3-20,23,28,35H,2,21-22,24-27H2,1H3,(H,41,42)(H,43,48). The Bertz CT molecular complexity index is 1800. The molecule has 50 heavy (non-hydrogen) atoms. The zero-order valence-corrected chi connectivity index (χ0v) is 28.6. The first-order valence-electron chi connectivity index (χ1n) is 16.4. The second-order valence-electron chi connectivity index (χ2n) is 11.6. The summed E-state index contributed by atoms with van der Waals surface area (Å²) in [4.78, 5) is 51.6. The van der Waals surface area contributed by atoms with Crippen LogP contribution in [0.3, 0.4) is 0 Å². The smallest absolute Gasteiger partial charge is 0.408 e. The summed E-state index contributed by atoms with van der Waals surface area (Å²) < 4.78 is 11.4. The summed E-state index contributed by atoms with van der Waals surface area (Å²) in [7, 11) is 0. The summed E-state index contributed by atoms with van der Waals surface area (Å²) in [6.45, 7) is 2.63. The van der Waals surface area contributed by atoms with E-state index >= 15 is 0 Å². The second kappa shape index (κ2) is 18.2. The Kier molecular flexibility index (Phi) is 13.0. The zero-order valence-electron chi connectivity index (χ0n) is 27.8. The molecule has 11 heteroatoms. The molecule has 0 spiro atoms. The Morgan fingerprint density at radius 1 is 0.840 bits per heavy atom. The molecule has 1 atom stereocenters. The lowest BCUT2D eigenvalue weighted by atomic mass is 10.1. The van der Waals surface area contributed by atoms with Gasteiger partial charge in [0.15, 0.2) is 0 Å². The lowest BCUT2D eigenvalue weighted by Gasteiger charge is -2.30.